The Bertz CT molecular complexity index is 1020. The molecule has 1 heterocycles. The van der Waals surface area contributed by atoms with Crippen molar-refractivity contribution in [1.29, 1.82) is 0 Å². The molecule has 0 bridgehead atoms. The van der Waals surface area contributed by atoms with E-state index in [0.29, 0.717) is 0 Å². The number of hydrogen-bond acceptors (Lipinski definition) is 3. The minimum atomic E-state index is 0.769. The highest BCUT2D eigenvalue weighted by Crippen LogP contribution is 2.35. The average Bonchev–Trinajstić information content (AvgIpc) is 2.75. The maximum atomic E-state index is 4.96. The smallest absolute Gasteiger partial charge is 0.161 e. The van der Waals surface area contributed by atoms with Crippen molar-refractivity contribution >= 4 is 11.8 Å². The lowest BCUT2D eigenvalue weighted by atomic mass is 10.0. The molecule has 2 nitrogen and oxygen atoms in total. The van der Waals surface area contributed by atoms with Crippen LogP contribution in [0.4, 0.5) is 0 Å². The quantitative estimate of drug-likeness (QED) is 0.375. The zero-order valence-electron chi connectivity index (χ0n) is 15.2. The lowest BCUT2D eigenvalue weighted by Crippen LogP contribution is -2.01. The van der Waals surface area contributed by atoms with Gasteiger partial charge in [-0.1, -0.05) is 97.5 Å². The van der Waals surface area contributed by atoms with E-state index in [2.05, 4.69) is 67.6 Å². The van der Waals surface area contributed by atoms with E-state index in [9.17, 15) is 0 Å². The summed E-state index contributed by atoms with van der Waals surface area (Å²) in [6, 6.07) is 31.0. The second-order valence-electron chi connectivity index (χ2n) is 6.18. The first kappa shape index (κ1) is 17.5. The molecule has 0 N–H and O–H groups in total. The first-order chi connectivity index (χ1) is 13.3. The van der Waals surface area contributed by atoms with E-state index >= 15 is 0 Å². The number of nitrogens with zero attached hydrogens (tertiary/aromatic N) is 2. The Morgan fingerprint density at radius 1 is 0.667 bits per heavy atom. The van der Waals surface area contributed by atoms with Crippen LogP contribution in [0, 0.1) is 0 Å². The number of aromatic nitrogens is 2. The summed E-state index contributed by atoms with van der Waals surface area (Å²) >= 11 is 1.71. The maximum absolute atomic E-state index is 4.96. The fourth-order valence-corrected chi connectivity index (χ4v) is 4.03. The van der Waals surface area contributed by atoms with Crippen molar-refractivity contribution in [3.05, 3.63) is 96.6 Å². The molecule has 0 saturated heterocycles. The highest BCUT2D eigenvalue weighted by atomic mass is 32.2. The molecule has 0 spiro atoms. The third-order valence-corrected chi connectivity index (χ3v) is 5.40. The minimum absolute atomic E-state index is 0.769. The Kier molecular flexibility index (Phi) is 5.31. The van der Waals surface area contributed by atoms with Gasteiger partial charge in [-0.3, -0.25) is 0 Å². The summed E-state index contributed by atoms with van der Waals surface area (Å²) in [7, 11) is 0. The summed E-state index contributed by atoms with van der Waals surface area (Å²) in [6.45, 7) is 2.17. The van der Waals surface area contributed by atoms with Gasteiger partial charge in [0.2, 0.25) is 0 Å². The molecule has 0 amide bonds. The fourth-order valence-electron chi connectivity index (χ4n) is 3.02. The Balaban J connectivity index is 1.90. The van der Waals surface area contributed by atoms with Gasteiger partial charge in [0.1, 0.15) is 5.03 Å². The number of benzene rings is 3. The molecular weight excluding hydrogens is 348 g/mol. The van der Waals surface area contributed by atoms with E-state index in [0.717, 1.165) is 34.1 Å². The first-order valence-corrected chi connectivity index (χ1v) is 9.91. The lowest BCUT2D eigenvalue weighted by Gasteiger charge is -2.14. The number of hydrogen-bond donors (Lipinski definition) is 0. The lowest BCUT2D eigenvalue weighted by molar-refractivity contribution is 0.957. The van der Waals surface area contributed by atoms with Gasteiger partial charge in [0.25, 0.3) is 0 Å². The van der Waals surface area contributed by atoms with E-state index in [4.69, 9.17) is 9.97 Å². The maximum Gasteiger partial charge on any atom is 0.161 e. The zero-order chi connectivity index (χ0) is 18.5. The predicted octanol–water partition coefficient (Wildman–Crippen LogP) is 6.52. The molecule has 0 fully saturated rings. The molecule has 0 aliphatic carbocycles. The second-order valence-corrected chi connectivity index (χ2v) is 7.24. The van der Waals surface area contributed by atoms with Gasteiger partial charge >= 0.3 is 0 Å². The van der Waals surface area contributed by atoms with Crippen LogP contribution in [0.25, 0.3) is 22.6 Å². The van der Waals surface area contributed by atoms with Crippen LogP contribution in [-0.4, -0.2) is 9.97 Å². The summed E-state index contributed by atoms with van der Waals surface area (Å²) in [5, 5.41) is 1.02. The van der Waals surface area contributed by atoms with E-state index in [-0.39, 0.29) is 0 Å². The van der Waals surface area contributed by atoms with Crippen LogP contribution in [0.2, 0.25) is 0 Å². The molecule has 1 aromatic heterocycles. The molecule has 4 rings (SSSR count). The summed E-state index contributed by atoms with van der Waals surface area (Å²) in [6.07, 6.45) is 0.883. The molecule has 0 aliphatic rings. The van der Waals surface area contributed by atoms with E-state index < -0.39 is 0 Å². The van der Waals surface area contributed by atoms with Crippen LogP contribution in [0.1, 0.15) is 12.5 Å². The molecular formula is C24H20N2S. The normalized spacial score (nSPS) is 10.7. The zero-order valence-corrected chi connectivity index (χ0v) is 16.0. The van der Waals surface area contributed by atoms with Gasteiger partial charge in [0, 0.05) is 21.6 Å². The van der Waals surface area contributed by atoms with Gasteiger partial charge in [0.15, 0.2) is 5.82 Å². The molecule has 3 aromatic carbocycles. The first-order valence-electron chi connectivity index (χ1n) is 9.10. The molecule has 27 heavy (non-hydrogen) atoms. The van der Waals surface area contributed by atoms with E-state index in [1.165, 1.54) is 10.5 Å². The topological polar surface area (TPSA) is 25.8 Å². The Hall–Kier alpha value is -2.91. The standard InChI is InChI=1S/C24H20N2S/c1-2-21-22(18-12-6-3-7-13-18)25-23(19-14-8-4-9-15-19)26-24(21)27-20-16-10-5-11-17-20/h3-17H,2H2,1H3. The van der Waals surface area contributed by atoms with Gasteiger partial charge in [-0.2, -0.15) is 0 Å². The van der Waals surface area contributed by atoms with Crippen molar-refractivity contribution in [3.63, 3.8) is 0 Å². The van der Waals surface area contributed by atoms with Crippen molar-refractivity contribution in [2.24, 2.45) is 0 Å². The molecule has 0 atom stereocenters. The van der Waals surface area contributed by atoms with Crippen molar-refractivity contribution in [2.75, 3.05) is 0 Å². The number of rotatable bonds is 5. The van der Waals surface area contributed by atoms with Crippen LogP contribution in [-0.2, 0) is 6.42 Å². The monoisotopic (exact) mass is 368 g/mol. The van der Waals surface area contributed by atoms with Crippen molar-refractivity contribution in [2.45, 2.75) is 23.3 Å². The van der Waals surface area contributed by atoms with Crippen LogP contribution >= 0.6 is 11.8 Å². The summed E-state index contributed by atoms with van der Waals surface area (Å²) in [5.41, 5.74) is 4.37. The Morgan fingerprint density at radius 2 is 1.22 bits per heavy atom. The van der Waals surface area contributed by atoms with Crippen LogP contribution in [0.3, 0.4) is 0 Å². The van der Waals surface area contributed by atoms with Gasteiger partial charge in [0.05, 0.1) is 5.69 Å². The SMILES string of the molecule is CCc1c(Sc2ccccc2)nc(-c2ccccc2)nc1-c1ccccc1. The third kappa shape index (κ3) is 3.93. The van der Waals surface area contributed by atoms with Gasteiger partial charge in [-0.05, 0) is 18.6 Å². The molecule has 0 unspecified atom stereocenters. The Morgan fingerprint density at radius 3 is 1.81 bits per heavy atom. The highest BCUT2D eigenvalue weighted by molar-refractivity contribution is 7.99. The molecule has 132 valence electrons. The molecule has 0 aliphatic heterocycles. The third-order valence-electron chi connectivity index (χ3n) is 4.36. The van der Waals surface area contributed by atoms with Crippen LogP contribution < -0.4 is 0 Å². The molecule has 0 saturated carbocycles. The molecule has 0 radical (unpaired) electrons. The minimum Gasteiger partial charge on any atom is -0.228 e. The van der Waals surface area contributed by atoms with Crippen LogP contribution in [0.15, 0.2) is 101 Å². The fraction of sp³-hybridized carbons (Fsp3) is 0.0833. The van der Waals surface area contributed by atoms with Gasteiger partial charge in [-0.15, -0.1) is 0 Å². The van der Waals surface area contributed by atoms with Crippen molar-refractivity contribution < 1.29 is 0 Å². The average molecular weight is 369 g/mol. The van der Waals surface area contributed by atoms with Crippen LogP contribution in [0.5, 0.6) is 0 Å². The van der Waals surface area contributed by atoms with Gasteiger partial charge in [-0.25, -0.2) is 9.97 Å². The van der Waals surface area contributed by atoms with E-state index in [1.807, 2.05) is 30.3 Å². The summed E-state index contributed by atoms with van der Waals surface area (Å²) in [4.78, 5) is 11.1. The van der Waals surface area contributed by atoms with Crippen molar-refractivity contribution in [1.82, 2.24) is 9.97 Å². The predicted molar refractivity (Wildman–Crippen MR) is 113 cm³/mol. The molecule has 4 aromatic rings. The van der Waals surface area contributed by atoms with Gasteiger partial charge < -0.3 is 0 Å². The summed E-state index contributed by atoms with van der Waals surface area (Å²) in [5.74, 6) is 0.769. The summed E-state index contributed by atoms with van der Waals surface area (Å²) < 4.78 is 0. The second kappa shape index (κ2) is 8.19. The highest BCUT2D eigenvalue weighted by Gasteiger charge is 2.16. The Labute approximate surface area is 164 Å². The van der Waals surface area contributed by atoms with Crippen molar-refractivity contribution in [3.8, 4) is 22.6 Å². The largest absolute Gasteiger partial charge is 0.228 e. The molecule has 3 heteroatoms. The van der Waals surface area contributed by atoms with E-state index in [1.54, 1.807) is 11.8 Å².